The number of halogens is 3. The van der Waals surface area contributed by atoms with E-state index in [1.807, 2.05) is 20.8 Å². The summed E-state index contributed by atoms with van der Waals surface area (Å²) in [7, 11) is 0. The highest BCUT2D eigenvalue weighted by molar-refractivity contribution is 5.62. The Balaban J connectivity index is 2.15. The zero-order valence-electron chi connectivity index (χ0n) is 12.7. The number of nitrogens with zero attached hydrogens (tertiary/aromatic N) is 2. The first-order chi connectivity index (χ1) is 10.1. The molecule has 0 saturated heterocycles. The summed E-state index contributed by atoms with van der Waals surface area (Å²) in [4.78, 5) is 0. The molecular weight excluding hydrogens is 293 g/mol. The molecule has 1 N–H and O–H groups in total. The van der Waals surface area contributed by atoms with Gasteiger partial charge in [0, 0.05) is 11.8 Å². The molecule has 0 saturated carbocycles. The molecule has 2 rings (SSSR count). The lowest BCUT2D eigenvalue weighted by atomic mass is 9.89. The van der Waals surface area contributed by atoms with E-state index in [1.165, 1.54) is 12.1 Å². The molecule has 1 unspecified atom stereocenters. The van der Waals surface area contributed by atoms with Gasteiger partial charge < -0.3 is 5.11 Å². The van der Waals surface area contributed by atoms with Crippen LogP contribution in [-0.2, 0) is 12.7 Å². The van der Waals surface area contributed by atoms with Gasteiger partial charge >= 0.3 is 6.18 Å². The third-order valence-electron chi connectivity index (χ3n) is 3.54. The number of alkyl halides is 3. The summed E-state index contributed by atoms with van der Waals surface area (Å²) >= 11 is 0. The quantitative estimate of drug-likeness (QED) is 0.931. The van der Waals surface area contributed by atoms with E-state index < -0.39 is 17.8 Å². The number of aliphatic hydroxyl groups is 1. The summed E-state index contributed by atoms with van der Waals surface area (Å²) in [6.07, 6.45) is -1.59. The first kappa shape index (κ1) is 16.5. The fourth-order valence-electron chi connectivity index (χ4n) is 1.92. The summed E-state index contributed by atoms with van der Waals surface area (Å²) in [5, 5.41) is 14.2. The molecule has 1 atom stereocenters. The van der Waals surface area contributed by atoms with Crippen molar-refractivity contribution in [3.05, 3.63) is 42.2 Å². The average Bonchev–Trinajstić information content (AvgIpc) is 2.85. The smallest absolute Gasteiger partial charge is 0.391 e. The largest absolute Gasteiger partial charge is 0.416 e. The highest BCUT2D eigenvalue weighted by atomic mass is 19.4. The molecule has 1 aromatic carbocycles. The van der Waals surface area contributed by atoms with Crippen LogP contribution in [0.3, 0.4) is 0 Å². The lowest BCUT2D eigenvalue weighted by molar-refractivity contribution is -0.137. The van der Waals surface area contributed by atoms with Crippen LogP contribution >= 0.6 is 0 Å². The van der Waals surface area contributed by atoms with Gasteiger partial charge in [-0.25, -0.2) is 0 Å². The summed E-state index contributed by atoms with van der Waals surface area (Å²) in [6, 6.07) is 4.95. The topological polar surface area (TPSA) is 38.0 Å². The SMILES string of the molecule is CC(C)(C)C(O)Cn1cc(-c2ccc(C(F)(F)F)cc2)cn1. The molecule has 1 aromatic heterocycles. The Hall–Kier alpha value is -1.82. The second kappa shape index (κ2) is 5.76. The number of hydrogen-bond donors (Lipinski definition) is 1. The van der Waals surface area contributed by atoms with E-state index in [0.717, 1.165) is 17.7 Å². The van der Waals surface area contributed by atoms with Crippen molar-refractivity contribution in [3.8, 4) is 11.1 Å². The minimum atomic E-state index is -4.33. The molecule has 0 spiro atoms. The van der Waals surface area contributed by atoms with Gasteiger partial charge in [0.15, 0.2) is 0 Å². The van der Waals surface area contributed by atoms with Crippen molar-refractivity contribution in [2.24, 2.45) is 5.41 Å². The number of aliphatic hydroxyl groups excluding tert-OH is 1. The highest BCUT2D eigenvalue weighted by Gasteiger charge is 2.30. The van der Waals surface area contributed by atoms with Crippen LogP contribution in [-0.4, -0.2) is 21.0 Å². The number of benzene rings is 1. The summed E-state index contributed by atoms with van der Waals surface area (Å²) in [5.41, 5.74) is 0.437. The Morgan fingerprint density at radius 2 is 1.68 bits per heavy atom. The average molecular weight is 312 g/mol. The minimum Gasteiger partial charge on any atom is -0.391 e. The van der Waals surface area contributed by atoms with Crippen LogP contribution in [0.4, 0.5) is 13.2 Å². The van der Waals surface area contributed by atoms with Gasteiger partial charge in [0.2, 0.25) is 0 Å². The number of hydrogen-bond acceptors (Lipinski definition) is 2. The summed E-state index contributed by atoms with van der Waals surface area (Å²) < 4.78 is 39.2. The summed E-state index contributed by atoms with van der Waals surface area (Å²) in [6.45, 7) is 6.12. The lowest BCUT2D eigenvalue weighted by Gasteiger charge is -2.25. The van der Waals surface area contributed by atoms with Crippen molar-refractivity contribution >= 4 is 0 Å². The maximum absolute atomic E-state index is 12.5. The fraction of sp³-hybridized carbons (Fsp3) is 0.438. The first-order valence-corrected chi connectivity index (χ1v) is 6.95. The molecule has 0 amide bonds. The predicted octanol–water partition coefficient (Wildman–Crippen LogP) is 3.98. The molecule has 0 fully saturated rings. The van der Waals surface area contributed by atoms with Crippen molar-refractivity contribution in [2.45, 2.75) is 39.6 Å². The van der Waals surface area contributed by atoms with E-state index in [9.17, 15) is 18.3 Å². The van der Waals surface area contributed by atoms with E-state index in [2.05, 4.69) is 5.10 Å². The Morgan fingerprint density at radius 3 is 2.18 bits per heavy atom. The number of rotatable bonds is 3. The van der Waals surface area contributed by atoms with E-state index in [0.29, 0.717) is 12.1 Å². The standard InChI is InChI=1S/C16H19F3N2O/c1-15(2,3)14(22)10-21-9-12(8-20-21)11-4-6-13(7-5-11)16(17,18)19/h4-9,14,22H,10H2,1-3H3. The van der Waals surface area contributed by atoms with Gasteiger partial charge in [-0.2, -0.15) is 18.3 Å². The summed E-state index contributed by atoms with van der Waals surface area (Å²) in [5.74, 6) is 0. The Bertz CT molecular complexity index is 624. The van der Waals surface area contributed by atoms with Gasteiger partial charge in [-0.1, -0.05) is 32.9 Å². The third-order valence-corrected chi connectivity index (χ3v) is 3.54. The monoisotopic (exact) mass is 312 g/mol. The Labute approximate surface area is 127 Å². The molecule has 0 bridgehead atoms. The molecule has 6 heteroatoms. The number of aromatic nitrogens is 2. The van der Waals surface area contributed by atoms with Crippen molar-refractivity contribution in [1.29, 1.82) is 0 Å². The Morgan fingerprint density at radius 1 is 1.09 bits per heavy atom. The van der Waals surface area contributed by atoms with Crippen molar-refractivity contribution in [1.82, 2.24) is 9.78 Å². The minimum absolute atomic E-state index is 0.263. The van der Waals surface area contributed by atoms with Crippen LogP contribution in [0.1, 0.15) is 26.3 Å². The van der Waals surface area contributed by atoms with Gasteiger partial charge in [-0.15, -0.1) is 0 Å². The normalized spacial score (nSPS) is 14.1. The van der Waals surface area contributed by atoms with E-state index >= 15 is 0 Å². The molecular formula is C16H19F3N2O. The van der Waals surface area contributed by atoms with Gasteiger partial charge in [-0.05, 0) is 23.1 Å². The van der Waals surface area contributed by atoms with E-state index in [4.69, 9.17) is 0 Å². The molecule has 0 aliphatic carbocycles. The van der Waals surface area contributed by atoms with Crippen molar-refractivity contribution < 1.29 is 18.3 Å². The van der Waals surface area contributed by atoms with Crippen LogP contribution < -0.4 is 0 Å². The van der Waals surface area contributed by atoms with Gasteiger partial charge in [0.05, 0.1) is 24.4 Å². The molecule has 22 heavy (non-hydrogen) atoms. The molecule has 3 nitrogen and oxygen atoms in total. The Kier molecular flexibility index (Phi) is 4.33. The maximum atomic E-state index is 12.5. The second-order valence-electron chi connectivity index (χ2n) is 6.41. The molecule has 2 aromatic rings. The van der Waals surface area contributed by atoms with Crippen LogP contribution in [0.25, 0.3) is 11.1 Å². The predicted molar refractivity (Wildman–Crippen MR) is 78.1 cm³/mol. The zero-order valence-corrected chi connectivity index (χ0v) is 12.7. The van der Waals surface area contributed by atoms with Gasteiger partial charge in [0.1, 0.15) is 0 Å². The molecule has 1 heterocycles. The van der Waals surface area contributed by atoms with Crippen molar-refractivity contribution in [3.63, 3.8) is 0 Å². The molecule has 0 radical (unpaired) electrons. The van der Waals surface area contributed by atoms with Crippen LogP contribution in [0, 0.1) is 5.41 Å². The first-order valence-electron chi connectivity index (χ1n) is 6.95. The zero-order chi connectivity index (χ0) is 16.5. The van der Waals surface area contributed by atoms with Crippen LogP contribution in [0.15, 0.2) is 36.7 Å². The third kappa shape index (κ3) is 3.88. The van der Waals surface area contributed by atoms with Crippen molar-refractivity contribution in [2.75, 3.05) is 0 Å². The fourth-order valence-corrected chi connectivity index (χ4v) is 1.92. The second-order valence-corrected chi connectivity index (χ2v) is 6.41. The van der Waals surface area contributed by atoms with E-state index in [1.54, 1.807) is 17.1 Å². The maximum Gasteiger partial charge on any atom is 0.416 e. The molecule has 0 aliphatic rings. The lowest BCUT2D eigenvalue weighted by Crippen LogP contribution is -2.30. The van der Waals surface area contributed by atoms with E-state index in [-0.39, 0.29) is 5.41 Å². The molecule has 120 valence electrons. The van der Waals surface area contributed by atoms with Gasteiger partial charge in [-0.3, -0.25) is 4.68 Å². The van der Waals surface area contributed by atoms with Crippen LogP contribution in [0.2, 0.25) is 0 Å². The highest BCUT2D eigenvalue weighted by Crippen LogP contribution is 2.31. The van der Waals surface area contributed by atoms with Crippen LogP contribution in [0.5, 0.6) is 0 Å². The molecule has 0 aliphatic heterocycles. The van der Waals surface area contributed by atoms with Gasteiger partial charge in [0.25, 0.3) is 0 Å².